The minimum Gasteiger partial charge on any atom is -0.495 e. The van der Waals surface area contributed by atoms with E-state index in [-0.39, 0.29) is 17.0 Å². The van der Waals surface area contributed by atoms with Gasteiger partial charge in [0.05, 0.1) is 24.1 Å². The van der Waals surface area contributed by atoms with Crippen molar-refractivity contribution in [3.05, 3.63) is 83.4 Å². The fourth-order valence-electron chi connectivity index (χ4n) is 3.73. The maximum Gasteiger partial charge on any atom is 0.416 e. The molecule has 4 rings (SSSR count). The number of alkyl halides is 3. The lowest BCUT2D eigenvalue weighted by Gasteiger charge is -2.26. The van der Waals surface area contributed by atoms with Crippen LogP contribution in [-0.2, 0) is 11.0 Å². The van der Waals surface area contributed by atoms with Crippen LogP contribution in [0.2, 0.25) is 0 Å². The Labute approximate surface area is 204 Å². The predicted octanol–water partition coefficient (Wildman–Crippen LogP) is 6.45. The molecular weight excluding hydrogens is 479 g/mol. The number of amides is 3. The molecule has 2 N–H and O–H groups in total. The Morgan fingerprint density at radius 2 is 1.74 bits per heavy atom. The van der Waals surface area contributed by atoms with Gasteiger partial charge in [0.2, 0.25) is 5.91 Å². The SMILES string of the molecule is COc1ccc(C)cc1N1C(=O)CSC1c1cccc(NC(=O)Nc2ccc(C(F)(F)F)cc2)c1. The van der Waals surface area contributed by atoms with Crippen molar-refractivity contribution in [2.24, 2.45) is 0 Å². The first-order valence-corrected chi connectivity index (χ1v) is 11.6. The summed E-state index contributed by atoms with van der Waals surface area (Å²) in [5, 5.41) is 4.88. The number of nitrogens with one attached hydrogen (secondary N) is 2. The van der Waals surface area contributed by atoms with E-state index < -0.39 is 17.8 Å². The second kappa shape index (κ2) is 9.91. The number of carbonyl (C=O) groups is 2. The van der Waals surface area contributed by atoms with E-state index in [1.807, 2.05) is 31.2 Å². The molecule has 1 fully saturated rings. The largest absolute Gasteiger partial charge is 0.495 e. The molecule has 182 valence electrons. The van der Waals surface area contributed by atoms with Crippen molar-refractivity contribution < 1.29 is 27.5 Å². The summed E-state index contributed by atoms with van der Waals surface area (Å²) >= 11 is 1.47. The Kier molecular flexibility index (Phi) is 6.93. The summed E-state index contributed by atoms with van der Waals surface area (Å²) in [6.45, 7) is 1.94. The second-order valence-corrected chi connectivity index (χ2v) is 8.95. The summed E-state index contributed by atoms with van der Waals surface area (Å²) in [6, 6.07) is 16.3. The highest BCUT2D eigenvalue weighted by Gasteiger charge is 2.36. The molecule has 0 aliphatic carbocycles. The lowest BCUT2D eigenvalue weighted by molar-refractivity contribution is -0.137. The summed E-state index contributed by atoms with van der Waals surface area (Å²) in [7, 11) is 1.55. The number of nitrogens with zero attached hydrogens (tertiary/aromatic N) is 1. The molecule has 6 nitrogen and oxygen atoms in total. The van der Waals surface area contributed by atoms with Gasteiger partial charge in [-0.05, 0) is 66.6 Å². The van der Waals surface area contributed by atoms with E-state index in [0.29, 0.717) is 22.9 Å². The summed E-state index contributed by atoms with van der Waals surface area (Å²) in [4.78, 5) is 26.9. The van der Waals surface area contributed by atoms with Gasteiger partial charge in [-0.3, -0.25) is 9.69 Å². The van der Waals surface area contributed by atoms with Gasteiger partial charge in [-0.15, -0.1) is 11.8 Å². The van der Waals surface area contributed by atoms with Gasteiger partial charge in [-0.2, -0.15) is 13.2 Å². The van der Waals surface area contributed by atoms with Crippen LogP contribution in [0.1, 0.15) is 22.1 Å². The maximum absolute atomic E-state index is 12.8. The molecule has 1 aliphatic heterocycles. The van der Waals surface area contributed by atoms with Gasteiger partial charge in [0.15, 0.2) is 0 Å². The van der Waals surface area contributed by atoms with E-state index >= 15 is 0 Å². The van der Waals surface area contributed by atoms with Crippen molar-refractivity contribution in [2.45, 2.75) is 18.5 Å². The smallest absolute Gasteiger partial charge is 0.416 e. The molecule has 1 aliphatic rings. The number of hydrogen-bond acceptors (Lipinski definition) is 4. The first-order valence-electron chi connectivity index (χ1n) is 10.6. The summed E-state index contributed by atoms with van der Waals surface area (Å²) in [5.41, 5.74) is 2.36. The van der Waals surface area contributed by atoms with Crippen LogP contribution in [0.25, 0.3) is 0 Å². The summed E-state index contributed by atoms with van der Waals surface area (Å²) in [5.74, 6) is 0.831. The third kappa shape index (κ3) is 5.54. The summed E-state index contributed by atoms with van der Waals surface area (Å²) < 4.78 is 43.6. The molecule has 3 aromatic carbocycles. The molecule has 0 saturated carbocycles. The van der Waals surface area contributed by atoms with Gasteiger partial charge in [-0.1, -0.05) is 18.2 Å². The number of urea groups is 1. The Balaban J connectivity index is 1.51. The van der Waals surface area contributed by atoms with Gasteiger partial charge >= 0.3 is 12.2 Å². The van der Waals surface area contributed by atoms with E-state index in [2.05, 4.69) is 10.6 Å². The average molecular weight is 502 g/mol. The summed E-state index contributed by atoms with van der Waals surface area (Å²) in [6.07, 6.45) is -4.45. The minimum absolute atomic E-state index is 0.0534. The molecule has 0 bridgehead atoms. The lowest BCUT2D eigenvalue weighted by atomic mass is 10.1. The molecule has 3 amide bonds. The number of ether oxygens (including phenoxy) is 1. The molecule has 10 heteroatoms. The highest BCUT2D eigenvalue weighted by atomic mass is 32.2. The molecular formula is C25H22F3N3O3S. The average Bonchev–Trinajstić information content (AvgIpc) is 3.20. The normalized spacial score (nSPS) is 15.7. The number of hydrogen-bond donors (Lipinski definition) is 2. The number of carbonyl (C=O) groups excluding carboxylic acids is 2. The molecule has 1 unspecified atom stereocenters. The Bertz CT molecular complexity index is 1250. The van der Waals surface area contributed by atoms with Crippen LogP contribution in [-0.4, -0.2) is 24.8 Å². The van der Waals surface area contributed by atoms with Crippen molar-refractivity contribution in [3.63, 3.8) is 0 Å². The van der Waals surface area contributed by atoms with Crippen molar-refractivity contribution in [3.8, 4) is 5.75 Å². The maximum atomic E-state index is 12.8. The van der Waals surface area contributed by atoms with Gasteiger partial charge in [-0.25, -0.2) is 4.79 Å². The number of benzene rings is 3. The van der Waals surface area contributed by atoms with Gasteiger partial charge < -0.3 is 15.4 Å². The Morgan fingerprint density at radius 1 is 1.03 bits per heavy atom. The third-order valence-electron chi connectivity index (χ3n) is 5.36. The van der Waals surface area contributed by atoms with Crippen molar-refractivity contribution >= 4 is 40.8 Å². The van der Waals surface area contributed by atoms with Crippen LogP contribution < -0.4 is 20.3 Å². The Hall–Kier alpha value is -3.66. The monoisotopic (exact) mass is 501 g/mol. The molecule has 1 atom stereocenters. The number of halogens is 3. The van der Waals surface area contributed by atoms with E-state index in [0.717, 1.165) is 23.3 Å². The van der Waals surface area contributed by atoms with Crippen LogP contribution in [0.4, 0.5) is 35.0 Å². The molecule has 3 aromatic rings. The fraction of sp³-hybridized carbons (Fsp3) is 0.200. The van der Waals surface area contributed by atoms with Gasteiger partial charge in [0.25, 0.3) is 0 Å². The molecule has 35 heavy (non-hydrogen) atoms. The van der Waals surface area contributed by atoms with Gasteiger partial charge in [0, 0.05) is 11.4 Å². The zero-order chi connectivity index (χ0) is 25.2. The van der Waals surface area contributed by atoms with Crippen LogP contribution in [0, 0.1) is 6.92 Å². The van der Waals surface area contributed by atoms with Crippen LogP contribution in [0.5, 0.6) is 5.75 Å². The van der Waals surface area contributed by atoms with Gasteiger partial charge in [0.1, 0.15) is 11.1 Å². The Morgan fingerprint density at radius 3 is 2.43 bits per heavy atom. The second-order valence-electron chi connectivity index (χ2n) is 7.88. The number of rotatable bonds is 5. The van der Waals surface area contributed by atoms with E-state index in [9.17, 15) is 22.8 Å². The van der Waals surface area contributed by atoms with Crippen LogP contribution in [0.3, 0.4) is 0 Å². The minimum atomic E-state index is -4.45. The van der Waals surface area contributed by atoms with Crippen molar-refractivity contribution in [1.82, 2.24) is 0 Å². The van der Waals surface area contributed by atoms with Crippen molar-refractivity contribution in [1.29, 1.82) is 0 Å². The number of anilines is 3. The standard InChI is InChI=1S/C25H22F3N3O3S/c1-15-6-11-21(34-2)20(12-15)31-22(32)14-35-23(31)16-4-3-5-19(13-16)30-24(33)29-18-9-7-17(8-10-18)25(26,27)28/h3-13,23H,14H2,1-2H3,(H2,29,30,33). The quantitative estimate of drug-likeness (QED) is 0.422. The first-order chi connectivity index (χ1) is 16.7. The highest BCUT2D eigenvalue weighted by Crippen LogP contribution is 2.45. The van der Waals surface area contributed by atoms with E-state index in [4.69, 9.17) is 4.74 Å². The third-order valence-corrected chi connectivity index (χ3v) is 6.57. The highest BCUT2D eigenvalue weighted by molar-refractivity contribution is 8.00. The molecule has 1 heterocycles. The number of aryl methyl sites for hydroxylation is 1. The van der Waals surface area contributed by atoms with Crippen molar-refractivity contribution in [2.75, 3.05) is 28.4 Å². The number of methoxy groups -OCH3 is 1. The topological polar surface area (TPSA) is 70.7 Å². The fourth-order valence-corrected chi connectivity index (χ4v) is 4.88. The number of thioether (sulfide) groups is 1. The first kappa shape index (κ1) is 24.5. The molecule has 1 saturated heterocycles. The van der Waals surface area contributed by atoms with Crippen LogP contribution >= 0.6 is 11.8 Å². The zero-order valence-corrected chi connectivity index (χ0v) is 19.7. The van der Waals surface area contributed by atoms with Crippen LogP contribution in [0.15, 0.2) is 66.7 Å². The molecule has 0 aromatic heterocycles. The van der Waals surface area contributed by atoms with E-state index in [1.165, 1.54) is 23.9 Å². The zero-order valence-electron chi connectivity index (χ0n) is 18.8. The lowest BCUT2D eigenvalue weighted by Crippen LogP contribution is -2.28. The van der Waals surface area contributed by atoms with E-state index in [1.54, 1.807) is 30.2 Å². The molecule has 0 spiro atoms. The predicted molar refractivity (Wildman–Crippen MR) is 131 cm³/mol. The molecule has 0 radical (unpaired) electrons.